The molecule has 1 aromatic heterocycles. The van der Waals surface area contributed by atoms with Gasteiger partial charge in [-0.05, 0) is 50.5 Å². The number of benzene rings is 1. The summed E-state index contributed by atoms with van der Waals surface area (Å²) in [5.74, 6) is -0.0684. The van der Waals surface area contributed by atoms with E-state index in [9.17, 15) is 9.59 Å². The van der Waals surface area contributed by atoms with Gasteiger partial charge in [0.2, 0.25) is 5.56 Å². The van der Waals surface area contributed by atoms with Gasteiger partial charge in [0, 0.05) is 30.4 Å². The van der Waals surface area contributed by atoms with E-state index < -0.39 is 0 Å². The maximum Gasteiger partial charge on any atom is 0.251 e. The molecule has 1 heterocycles. The number of aromatic nitrogens is 1. The van der Waals surface area contributed by atoms with Crippen molar-refractivity contribution >= 4 is 5.91 Å². The lowest BCUT2D eigenvalue weighted by molar-refractivity contribution is 0.0919. The first-order valence-corrected chi connectivity index (χ1v) is 7.32. The summed E-state index contributed by atoms with van der Waals surface area (Å²) in [4.78, 5) is 23.4. The monoisotopic (exact) mass is 298 g/mol. The zero-order valence-corrected chi connectivity index (χ0v) is 13.5. The highest BCUT2D eigenvalue weighted by Crippen LogP contribution is 2.11. The third-order valence-electron chi connectivity index (χ3n) is 3.26. The molecule has 0 bridgehead atoms. The Labute approximate surface area is 130 Å². The number of carbonyl (C=O) groups excluding carboxylic acids is 1. The molecule has 4 heteroatoms. The molecule has 0 saturated heterocycles. The molecule has 0 spiro atoms. The van der Waals surface area contributed by atoms with Gasteiger partial charge >= 0.3 is 0 Å². The topological polar surface area (TPSA) is 51.1 Å². The number of amides is 1. The van der Waals surface area contributed by atoms with Crippen LogP contribution < -0.4 is 10.9 Å². The molecule has 0 fully saturated rings. The van der Waals surface area contributed by atoms with Crippen molar-refractivity contribution in [1.29, 1.82) is 0 Å². The zero-order valence-electron chi connectivity index (χ0n) is 13.5. The molecular weight excluding hydrogens is 276 g/mol. The number of pyridine rings is 1. The van der Waals surface area contributed by atoms with E-state index in [1.807, 2.05) is 57.3 Å². The maximum absolute atomic E-state index is 12.1. The molecular formula is C18H22N2O2. The van der Waals surface area contributed by atoms with Gasteiger partial charge in [-0.1, -0.05) is 18.2 Å². The molecule has 2 aromatic rings. The quantitative estimate of drug-likeness (QED) is 0.946. The van der Waals surface area contributed by atoms with Crippen LogP contribution in [0.4, 0.5) is 0 Å². The average Bonchev–Trinajstić information content (AvgIpc) is 2.42. The van der Waals surface area contributed by atoms with Gasteiger partial charge in [-0.3, -0.25) is 9.59 Å². The average molecular weight is 298 g/mol. The standard InChI is InChI=1S/C18H22N2O2/c1-18(2,3)19-17(22)15-8-5-13(6-9-15)11-14-7-10-16(21)20(4)12-14/h5-10,12H,11H2,1-4H3,(H,19,22). The van der Waals surface area contributed by atoms with Gasteiger partial charge in [0.05, 0.1) is 0 Å². The van der Waals surface area contributed by atoms with E-state index in [1.54, 1.807) is 17.7 Å². The summed E-state index contributed by atoms with van der Waals surface area (Å²) in [5.41, 5.74) is 2.56. The number of rotatable bonds is 3. The molecule has 0 radical (unpaired) electrons. The van der Waals surface area contributed by atoms with E-state index in [0.717, 1.165) is 17.5 Å². The summed E-state index contributed by atoms with van der Waals surface area (Å²) in [6.45, 7) is 5.87. The molecule has 0 aliphatic rings. The molecule has 1 aromatic carbocycles. The highest BCUT2D eigenvalue weighted by Gasteiger charge is 2.14. The summed E-state index contributed by atoms with van der Waals surface area (Å²) in [6, 6.07) is 11.0. The van der Waals surface area contributed by atoms with Crippen molar-refractivity contribution < 1.29 is 4.79 Å². The summed E-state index contributed by atoms with van der Waals surface area (Å²) >= 11 is 0. The Kier molecular flexibility index (Phi) is 4.50. The van der Waals surface area contributed by atoms with Crippen LogP contribution >= 0.6 is 0 Å². The Morgan fingerprint density at radius 2 is 1.64 bits per heavy atom. The maximum atomic E-state index is 12.1. The second-order valence-corrected chi connectivity index (χ2v) is 6.56. The number of hydrogen-bond donors (Lipinski definition) is 1. The molecule has 116 valence electrons. The van der Waals surface area contributed by atoms with Gasteiger partial charge in [-0.2, -0.15) is 0 Å². The first-order valence-electron chi connectivity index (χ1n) is 7.32. The lowest BCUT2D eigenvalue weighted by atomic mass is 10.0. The fraction of sp³-hybridized carbons (Fsp3) is 0.333. The number of nitrogens with zero attached hydrogens (tertiary/aromatic N) is 1. The Morgan fingerprint density at radius 3 is 2.18 bits per heavy atom. The van der Waals surface area contributed by atoms with E-state index in [0.29, 0.717) is 5.56 Å². The van der Waals surface area contributed by atoms with E-state index in [2.05, 4.69) is 5.32 Å². The van der Waals surface area contributed by atoms with Crippen molar-refractivity contribution in [1.82, 2.24) is 9.88 Å². The first kappa shape index (κ1) is 16.0. The first-order chi connectivity index (χ1) is 10.2. The molecule has 0 aliphatic heterocycles. The highest BCUT2D eigenvalue weighted by atomic mass is 16.1. The third kappa shape index (κ3) is 4.32. The normalized spacial score (nSPS) is 11.3. The van der Waals surface area contributed by atoms with Crippen molar-refractivity contribution in [2.45, 2.75) is 32.7 Å². The van der Waals surface area contributed by atoms with Gasteiger partial charge in [-0.25, -0.2) is 0 Å². The van der Waals surface area contributed by atoms with Gasteiger partial charge in [-0.15, -0.1) is 0 Å². The van der Waals surface area contributed by atoms with E-state index in [4.69, 9.17) is 0 Å². The van der Waals surface area contributed by atoms with Crippen LogP contribution in [0.2, 0.25) is 0 Å². The molecule has 0 aliphatic carbocycles. The van der Waals surface area contributed by atoms with Crippen molar-refractivity contribution in [3.8, 4) is 0 Å². The Hall–Kier alpha value is -2.36. The minimum atomic E-state index is -0.245. The van der Waals surface area contributed by atoms with Crippen LogP contribution in [0.25, 0.3) is 0 Å². The summed E-state index contributed by atoms with van der Waals surface area (Å²) in [7, 11) is 1.74. The van der Waals surface area contributed by atoms with E-state index in [-0.39, 0.29) is 17.0 Å². The minimum Gasteiger partial charge on any atom is -0.347 e. The van der Waals surface area contributed by atoms with Crippen LogP contribution in [0.1, 0.15) is 42.3 Å². The molecule has 1 amide bonds. The zero-order chi connectivity index (χ0) is 16.3. The van der Waals surface area contributed by atoms with Crippen LogP contribution in [0, 0.1) is 0 Å². The van der Waals surface area contributed by atoms with Crippen LogP contribution in [0.5, 0.6) is 0 Å². The Balaban J connectivity index is 2.10. The summed E-state index contributed by atoms with van der Waals surface area (Å²) < 4.78 is 1.57. The summed E-state index contributed by atoms with van der Waals surface area (Å²) in [5, 5.41) is 2.94. The van der Waals surface area contributed by atoms with E-state index in [1.165, 1.54) is 0 Å². The SMILES string of the molecule is Cn1cc(Cc2ccc(C(=O)NC(C)(C)C)cc2)ccc1=O. The van der Waals surface area contributed by atoms with Crippen LogP contribution in [0.3, 0.4) is 0 Å². The van der Waals surface area contributed by atoms with Gasteiger partial charge in [0.1, 0.15) is 0 Å². The lowest BCUT2D eigenvalue weighted by Crippen LogP contribution is -2.40. The lowest BCUT2D eigenvalue weighted by Gasteiger charge is -2.20. The van der Waals surface area contributed by atoms with Crippen molar-refractivity contribution in [2.24, 2.45) is 7.05 Å². The Bertz CT molecular complexity index is 722. The predicted molar refractivity (Wildman–Crippen MR) is 88.2 cm³/mol. The Morgan fingerprint density at radius 1 is 1.05 bits per heavy atom. The third-order valence-corrected chi connectivity index (χ3v) is 3.26. The number of nitrogens with one attached hydrogen (secondary N) is 1. The molecule has 0 saturated carbocycles. The van der Waals surface area contributed by atoms with Crippen molar-refractivity contribution in [3.05, 3.63) is 69.6 Å². The smallest absolute Gasteiger partial charge is 0.251 e. The van der Waals surface area contributed by atoms with Crippen LogP contribution in [0.15, 0.2) is 47.4 Å². The number of carbonyl (C=O) groups is 1. The number of hydrogen-bond acceptors (Lipinski definition) is 2. The van der Waals surface area contributed by atoms with E-state index >= 15 is 0 Å². The molecule has 4 nitrogen and oxygen atoms in total. The second kappa shape index (κ2) is 6.18. The summed E-state index contributed by atoms with van der Waals surface area (Å²) in [6.07, 6.45) is 2.57. The molecule has 1 N–H and O–H groups in total. The number of aryl methyl sites for hydroxylation is 1. The second-order valence-electron chi connectivity index (χ2n) is 6.56. The largest absolute Gasteiger partial charge is 0.347 e. The van der Waals surface area contributed by atoms with Gasteiger partial charge < -0.3 is 9.88 Å². The molecule has 2 rings (SSSR count). The van der Waals surface area contributed by atoms with Crippen molar-refractivity contribution in [3.63, 3.8) is 0 Å². The highest BCUT2D eigenvalue weighted by molar-refractivity contribution is 5.94. The van der Waals surface area contributed by atoms with Crippen LogP contribution in [-0.4, -0.2) is 16.0 Å². The molecule has 0 atom stereocenters. The predicted octanol–water partition coefficient (Wildman–Crippen LogP) is 2.50. The fourth-order valence-electron chi connectivity index (χ4n) is 2.18. The van der Waals surface area contributed by atoms with Crippen LogP contribution in [-0.2, 0) is 13.5 Å². The van der Waals surface area contributed by atoms with Gasteiger partial charge in [0.25, 0.3) is 5.91 Å². The molecule has 0 unspecified atom stereocenters. The fourth-order valence-corrected chi connectivity index (χ4v) is 2.18. The minimum absolute atomic E-state index is 0.0158. The van der Waals surface area contributed by atoms with Crippen molar-refractivity contribution in [2.75, 3.05) is 0 Å². The molecule has 22 heavy (non-hydrogen) atoms. The van der Waals surface area contributed by atoms with Gasteiger partial charge in [0.15, 0.2) is 0 Å².